The molecule has 2 saturated heterocycles. The van der Waals surface area contributed by atoms with Crippen LogP contribution in [0.1, 0.15) is 19.3 Å². The van der Waals surface area contributed by atoms with Crippen LogP contribution >= 0.6 is 117 Å². The van der Waals surface area contributed by atoms with E-state index in [1.165, 1.54) is 58.3 Å². The Kier molecular flexibility index (Phi) is 20.7. The molecule has 0 spiro atoms. The highest BCUT2D eigenvalue weighted by Gasteiger charge is 2.35. The summed E-state index contributed by atoms with van der Waals surface area (Å²) >= 11 is 42.6. The van der Waals surface area contributed by atoms with Crippen LogP contribution in [0, 0.1) is 23.5 Å². The maximum atomic E-state index is 14.4. The van der Waals surface area contributed by atoms with Crippen molar-refractivity contribution in [2.24, 2.45) is 0 Å². The van der Waals surface area contributed by atoms with Crippen LogP contribution in [-0.4, -0.2) is 93.7 Å². The van der Waals surface area contributed by atoms with Crippen LogP contribution in [0.2, 0.25) is 20.1 Å². The molecule has 4 aromatic carbocycles. The zero-order valence-electron chi connectivity index (χ0n) is 40.6. The van der Waals surface area contributed by atoms with Gasteiger partial charge in [-0.15, -0.1) is 0 Å². The summed E-state index contributed by atoms with van der Waals surface area (Å²) in [7, 11) is 0. The zero-order chi connectivity index (χ0) is 57.9. The monoisotopic (exact) mass is 1290 g/mol. The van der Waals surface area contributed by atoms with E-state index in [1.807, 2.05) is 0 Å². The van der Waals surface area contributed by atoms with Crippen LogP contribution < -0.4 is 21.3 Å². The highest BCUT2D eigenvalue weighted by molar-refractivity contribution is 8.02. The number of nitrogens with one attached hydrogen (secondary N) is 5. The minimum Gasteiger partial charge on any atom is -0.392 e. The fourth-order valence-electron chi connectivity index (χ4n) is 6.97. The standard InChI is InChI=1S/C22H13Cl2FN6O4S3.C18H11Cl2FN6OS3.C4H2O3.C4H8O/c23-11-4-13(25)15(5-12(11)24)29-19-10-3-9(1-2-14(10)26-8-27-19)28-17(32)7-31-22(36)38-21(30-31)37-16-6-18(33)35-20(16)34;19-10-4-12(21)14(5-11(10)20)25-16-9-3-8(1-2-13(9)22-7-23-16)24-15(28)6-27-18(30)31-17(29)26-27;5-3-1-2-4(6)7-3;1-2-4-5-3-1/h1-5,8,16H,6-7H2,(H,28,32)(H,26,27,29);1-5,7H,6H2,(H,24,28)(H,26,29)(H,22,23,25);1-2H;1-4H2. The number of carbonyl (C=O) groups excluding carboxylic acids is 6. The fourth-order valence-corrected chi connectivity index (χ4v) is 11.5. The van der Waals surface area contributed by atoms with Gasteiger partial charge in [-0.25, -0.2) is 43.0 Å². The van der Waals surface area contributed by atoms with Crippen LogP contribution in [0.5, 0.6) is 0 Å². The summed E-state index contributed by atoms with van der Waals surface area (Å²) in [6, 6.07) is 15.0. The molecule has 0 radical (unpaired) electrons. The van der Waals surface area contributed by atoms with Gasteiger partial charge in [0, 0.05) is 47.5 Å². The van der Waals surface area contributed by atoms with Crippen LogP contribution in [0.25, 0.3) is 21.8 Å². The van der Waals surface area contributed by atoms with Gasteiger partial charge in [-0.2, -0.15) is 5.10 Å². The number of nitrogens with zero attached hydrogens (tertiary/aromatic N) is 7. The van der Waals surface area contributed by atoms with Crippen LogP contribution in [0.3, 0.4) is 0 Å². The molecule has 3 aliphatic rings. The van der Waals surface area contributed by atoms with Gasteiger partial charge >= 0.3 is 23.9 Å². The number of aromatic amines is 1. The van der Waals surface area contributed by atoms with Crippen molar-refractivity contribution in [2.45, 2.75) is 41.9 Å². The molecule has 418 valence electrons. The van der Waals surface area contributed by atoms with E-state index in [4.69, 9.17) is 87.8 Å². The third-order valence-corrected chi connectivity index (χ3v) is 16.1. The number of fused-ring (bicyclic) bond motifs is 2. The van der Waals surface area contributed by atoms with Gasteiger partial charge in [-0.05, 0) is 110 Å². The van der Waals surface area contributed by atoms with Crippen LogP contribution in [0.4, 0.5) is 43.2 Å². The van der Waals surface area contributed by atoms with E-state index < -0.39 is 46.7 Å². The molecule has 0 saturated carbocycles. The number of carbonyl (C=O) groups is 6. The second-order valence-electron chi connectivity index (χ2n) is 16.4. The molecule has 7 heterocycles. The normalized spacial score (nSPS) is 14.3. The van der Waals surface area contributed by atoms with E-state index in [1.54, 1.807) is 36.4 Å². The summed E-state index contributed by atoms with van der Waals surface area (Å²) in [6.07, 6.45) is 7.35. The van der Waals surface area contributed by atoms with Gasteiger partial charge in [-0.3, -0.25) is 29.0 Å². The Balaban J connectivity index is 0.000000178. The molecule has 4 aromatic heterocycles. The van der Waals surface area contributed by atoms with E-state index in [9.17, 15) is 37.5 Å². The van der Waals surface area contributed by atoms with Crippen molar-refractivity contribution in [2.75, 3.05) is 34.5 Å². The number of hydrogen-bond donors (Lipinski definition) is 5. The van der Waals surface area contributed by atoms with E-state index in [-0.39, 0.29) is 62.7 Å². The Bertz CT molecular complexity index is 3990. The van der Waals surface area contributed by atoms with Gasteiger partial charge in [0.2, 0.25) is 11.8 Å². The van der Waals surface area contributed by atoms with Crippen molar-refractivity contribution in [3.05, 3.63) is 129 Å². The Labute approximate surface area is 502 Å². The Morgan fingerprint density at radius 1 is 0.691 bits per heavy atom. The first kappa shape index (κ1) is 60.3. The summed E-state index contributed by atoms with van der Waals surface area (Å²) in [5, 5.41) is 19.4. The Morgan fingerprint density at radius 3 is 1.65 bits per heavy atom. The number of halogens is 6. The lowest BCUT2D eigenvalue weighted by molar-refractivity contribution is -0.153. The molecule has 33 heteroatoms. The molecule has 0 aliphatic carbocycles. The summed E-state index contributed by atoms with van der Waals surface area (Å²) in [5.41, 5.74) is 2.25. The van der Waals surface area contributed by atoms with Gasteiger partial charge < -0.3 is 35.5 Å². The molecule has 2 amide bonds. The van der Waals surface area contributed by atoms with Gasteiger partial charge in [0.05, 0.1) is 48.9 Å². The van der Waals surface area contributed by atoms with Crippen molar-refractivity contribution >= 4 is 209 Å². The summed E-state index contributed by atoms with van der Waals surface area (Å²) in [4.78, 5) is 84.8. The number of benzene rings is 4. The lowest BCUT2D eigenvalue weighted by atomic mass is 10.2. The fraction of sp³-hybridized carbons (Fsp3) is 0.167. The minimum absolute atomic E-state index is 0.0190. The number of anilines is 6. The third kappa shape index (κ3) is 16.7. The largest absolute Gasteiger partial charge is 0.392 e. The lowest BCUT2D eigenvalue weighted by Gasteiger charge is -2.12. The van der Waals surface area contributed by atoms with Crippen molar-refractivity contribution in [1.82, 2.24) is 39.5 Å². The molecule has 8 aromatic rings. The maximum absolute atomic E-state index is 14.4. The molecule has 1 unspecified atom stereocenters. The minimum atomic E-state index is -0.690. The van der Waals surface area contributed by atoms with E-state index in [0.717, 1.165) is 60.6 Å². The van der Waals surface area contributed by atoms with Crippen LogP contribution in [0.15, 0.2) is 89.8 Å². The lowest BCUT2D eigenvalue weighted by Crippen LogP contribution is -2.19. The van der Waals surface area contributed by atoms with Crippen molar-refractivity contribution in [3.8, 4) is 0 Å². The number of aromatic nitrogens is 8. The number of rotatable bonds is 12. The first-order valence-electron chi connectivity index (χ1n) is 23.0. The van der Waals surface area contributed by atoms with Gasteiger partial charge in [0.1, 0.15) is 54.3 Å². The number of H-pyrrole nitrogens is 1. The average molecular weight is 1300 g/mol. The number of ether oxygens (including phenoxy) is 3. The molecule has 2 fully saturated rings. The van der Waals surface area contributed by atoms with Gasteiger partial charge in [-0.1, -0.05) is 80.8 Å². The van der Waals surface area contributed by atoms with Crippen molar-refractivity contribution in [1.29, 1.82) is 0 Å². The first-order valence-corrected chi connectivity index (χ1v) is 28.2. The predicted molar refractivity (Wildman–Crippen MR) is 311 cm³/mol. The molecule has 3 aliphatic heterocycles. The molecule has 81 heavy (non-hydrogen) atoms. The quantitative estimate of drug-likeness (QED) is 0.0329. The number of esters is 4. The van der Waals surface area contributed by atoms with E-state index >= 15 is 0 Å². The predicted octanol–water partition coefficient (Wildman–Crippen LogP) is 11.9. The molecule has 5 N–H and O–H groups in total. The highest BCUT2D eigenvalue weighted by atomic mass is 35.5. The zero-order valence-corrected chi connectivity index (χ0v) is 48.6. The second kappa shape index (κ2) is 27.8. The molecule has 1 atom stereocenters. The molecule has 11 rings (SSSR count). The first-order chi connectivity index (χ1) is 38.7. The Morgan fingerprint density at radius 2 is 1.21 bits per heavy atom. The molecular weight excluding hydrogens is 1260 g/mol. The van der Waals surface area contributed by atoms with Crippen molar-refractivity contribution in [3.63, 3.8) is 0 Å². The van der Waals surface area contributed by atoms with Crippen LogP contribution in [-0.2, 0) is 56.1 Å². The molecule has 0 bridgehead atoms. The summed E-state index contributed by atoms with van der Waals surface area (Å²) in [5.74, 6) is -3.67. The van der Waals surface area contributed by atoms with E-state index in [2.05, 4.69) is 60.9 Å². The SMILES string of the molecule is C1CCOC1.O=C(Cn1[nH]c(=S)sc1=S)Nc1ccc2ncnc(Nc3cc(Cl)c(Cl)cc3F)c2c1.O=C(Cn1nc(SC2CC(=O)OC2=O)sc1=S)Nc1ccc2ncnc(Nc3cc(Cl)c(Cl)cc3F)c2c1.O=C1C=CC(=O)O1. The second-order valence-corrected chi connectivity index (χ2v) is 23.4. The smallest absolute Gasteiger partial charge is 0.338 e. The summed E-state index contributed by atoms with van der Waals surface area (Å²) < 4.78 is 46.7. The highest BCUT2D eigenvalue weighted by Crippen LogP contribution is 2.35. The topological polar surface area (TPSA) is 268 Å². The van der Waals surface area contributed by atoms with Gasteiger partial charge in [0.15, 0.2) is 16.2 Å². The number of amides is 2. The van der Waals surface area contributed by atoms with Gasteiger partial charge in [0.25, 0.3) is 0 Å². The number of thioether (sulfide) groups is 1. The van der Waals surface area contributed by atoms with E-state index in [0.29, 0.717) is 55.2 Å². The molecular formula is C48H34Cl4F2N12O9S6. The maximum Gasteiger partial charge on any atom is 0.338 e. The Hall–Kier alpha value is -6.77. The molecule has 21 nitrogen and oxygen atoms in total. The third-order valence-electron chi connectivity index (χ3n) is 10.6. The average Bonchev–Trinajstić information content (AvgIpc) is 4.39. The number of cyclic esters (lactones) is 4. The number of hydrogen-bond acceptors (Lipinski definition) is 22. The van der Waals surface area contributed by atoms with Crippen molar-refractivity contribution < 1.29 is 51.8 Å². The summed E-state index contributed by atoms with van der Waals surface area (Å²) in [6.45, 7) is 1.79.